The summed E-state index contributed by atoms with van der Waals surface area (Å²) in [5, 5.41) is 20.5. The molecule has 0 bridgehead atoms. The Kier molecular flexibility index (Phi) is 8.94. The number of rotatable bonds is 5. The molecule has 2 aromatic rings. The summed E-state index contributed by atoms with van der Waals surface area (Å²) in [4.78, 5) is 28.8. The molecule has 2 heterocycles. The van der Waals surface area contributed by atoms with Gasteiger partial charge >= 0.3 is 6.03 Å². The lowest BCUT2D eigenvalue weighted by molar-refractivity contribution is -0.136. The third-order valence-corrected chi connectivity index (χ3v) is 6.04. The lowest BCUT2D eigenvalue weighted by Gasteiger charge is -2.35. The maximum absolute atomic E-state index is 13.2. The molecule has 0 radical (unpaired) electrons. The van der Waals surface area contributed by atoms with Crippen molar-refractivity contribution in [3.05, 3.63) is 42.0 Å². The fourth-order valence-corrected chi connectivity index (χ4v) is 3.85. The van der Waals surface area contributed by atoms with E-state index in [1.54, 1.807) is 22.8 Å². The van der Waals surface area contributed by atoms with E-state index in [1.807, 2.05) is 13.8 Å². The van der Waals surface area contributed by atoms with Crippen molar-refractivity contribution >= 4 is 17.6 Å². The Morgan fingerprint density at radius 2 is 2.12 bits per heavy atom. The van der Waals surface area contributed by atoms with Gasteiger partial charge in [-0.2, -0.15) is 0 Å². The number of likely N-dealkylation sites (N-methyl/N-ethyl adjacent to an activating group) is 1. The quantitative estimate of drug-likeness (QED) is 0.684. The summed E-state index contributed by atoms with van der Waals surface area (Å²) >= 11 is 0. The van der Waals surface area contributed by atoms with Gasteiger partial charge in [0.05, 0.1) is 37.3 Å². The highest BCUT2D eigenvalue weighted by molar-refractivity contribution is 5.89. The van der Waals surface area contributed by atoms with Crippen molar-refractivity contribution in [2.45, 2.75) is 52.0 Å². The van der Waals surface area contributed by atoms with Crippen LogP contribution in [0.3, 0.4) is 0 Å². The zero-order valence-corrected chi connectivity index (χ0v) is 19.9. The summed E-state index contributed by atoms with van der Waals surface area (Å²) in [6.45, 7) is 5.07. The Morgan fingerprint density at radius 3 is 2.82 bits per heavy atom. The van der Waals surface area contributed by atoms with E-state index in [2.05, 4.69) is 15.6 Å². The predicted octanol–water partition coefficient (Wildman–Crippen LogP) is 2.11. The van der Waals surface area contributed by atoms with Gasteiger partial charge in [0, 0.05) is 44.7 Å². The minimum Gasteiger partial charge on any atom is -0.394 e. The van der Waals surface area contributed by atoms with Crippen molar-refractivity contribution < 1.29 is 23.8 Å². The number of fused-ring (bicyclic) bond motifs is 1. The normalized spacial score (nSPS) is 20.6. The first-order chi connectivity index (χ1) is 16.3. The SMILES string of the molecule is C[C@H]1CN([C@@H](C)CO)C(=O)CCCn2nncc2CO[C@@H]1CN(C)C(=O)Nc1ccc(F)cc1. The molecule has 1 aliphatic rings. The number of aryl methyl sites for hydroxylation is 1. The highest BCUT2D eigenvalue weighted by Gasteiger charge is 2.29. The molecular weight excluding hydrogens is 443 g/mol. The van der Waals surface area contributed by atoms with Crippen LogP contribution in [0.2, 0.25) is 0 Å². The van der Waals surface area contributed by atoms with Crippen molar-refractivity contribution in [2.24, 2.45) is 5.92 Å². The second-order valence-corrected chi connectivity index (χ2v) is 8.77. The van der Waals surface area contributed by atoms with Crippen LogP contribution in [0.1, 0.15) is 32.4 Å². The van der Waals surface area contributed by atoms with Crippen molar-refractivity contribution in [3.8, 4) is 0 Å². The first-order valence-corrected chi connectivity index (χ1v) is 11.5. The number of anilines is 1. The van der Waals surface area contributed by atoms with Crippen LogP contribution >= 0.6 is 0 Å². The fourth-order valence-electron chi connectivity index (χ4n) is 3.85. The van der Waals surface area contributed by atoms with Crippen LogP contribution in [-0.4, -0.2) is 80.7 Å². The topological polar surface area (TPSA) is 113 Å². The standard InChI is InChI=1S/C23H33FN6O4/c1-16-12-29(17(2)14-31)22(32)5-4-10-30-20(11-25-27-30)15-34-21(16)13-28(3)23(33)26-19-8-6-18(24)7-9-19/h6-9,11,16-17,21,31H,4-5,10,12-15H2,1-3H3,(H,26,33)/t16-,17-,21+/m0/s1. The highest BCUT2D eigenvalue weighted by Crippen LogP contribution is 2.19. The van der Waals surface area contributed by atoms with Gasteiger partial charge in [0.2, 0.25) is 5.91 Å². The number of halogens is 1. The molecule has 3 amide bonds. The molecule has 0 spiro atoms. The maximum atomic E-state index is 13.2. The van der Waals surface area contributed by atoms with Gasteiger partial charge in [0.15, 0.2) is 0 Å². The zero-order chi connectivity index (χ0) is 24.7. The molecule has 0 aliphatic carbocycles. The lowest BCUT2D eigenvalue weighted by Crippen LogP contribution is -2.48. The van der Waals surface area contributed by atoms with E-state index in [9.17, 15) is 19.1 Å². The molecule has 0 fully saturated rings. The minimum atomic E-state index is -0.409. The second-order valence-electron chi connectivity index (χ2n) is 8.77. The molecule has 1 aromatic heterocycles. The number of carbonyl (C=O) groups is 2. The minimum absolute atomic E-state index is 0.0446. The number of aromatic nitrogens is 3. The van der Waals surface area contributed by atoms with E-state index < -0.39 is 6.10 Å². The number of ether oxygens (including phenoxy) is 1. The van der Waals surface area contributed by atoms with Crippen LogP contribution in [0, 0.1) is 11.7 Å². The molecule has 2 N–H and O–H groups in total. The highest BCUT2D eigenvalue weighted by atomic mass is 19.1. The molecule has 3 atom stereocenters. The molecule has 0 saturated carbocycles. The Labute approximate surface area is 198 Å². The number of nitrogens with zero attached hydrogens (tertiary/aromatic N) is 5. The van der Waals surface area contributed by atoms with Crippen LogP contribution < -0.4 is 5.32 Å². The number of urea groups is 1. The number of aliphatic hydroxyl groups excluding tert-OH is 1. The van der Waals surface area contributed by atoms with E-state index >= 15 is 0 Å². The zero-order valence-electron chi connectivity index (χ0n) is 19.9. The molecule has 0 saturated heterocycles. The third-order valence-electron chi connectivity index (χ3n) is 6.04. The molecule has 186 valence electrons. The number of hydrogen-bond acceptors (Lipinski definition) is 6. The van der Waals surface area contributed by atoms with Gasteiger partial charge in [0.25, 0.3) is 0 Å². The summed E-state index contributed by atoms with van der Waals surface area (Å²) in [6.07, 6.45) is 2.17. The Bertz CT molecular complexity index is 953. The Morgan fingerprint density at radius 1 is 1.38 bits per heavy atom. The van der Waals surface area contributed by atoms with E-state index in [4.69, 9.17) is 4.74 Å². The van der Waals surface area contributed by atoms with Gasteiger partial charge in [-0.05, 0) is 37.6 Å². The van der Waals surface area contributed by atoms with Crippen molar-refractivity contribution in [2.75, 3.05) is 32.1 Å². The smallest absolute Gasteiger partial charge is 0.321 e. The van der Waals surface area contributed by atoms with E-state index in [-0.39, 0.29) is 49.5 Å². The van der Waals surface area contributed by atoms with E-state index in [0.29, 0.717) is 31.6 Å². The van der Waals surface area contributed by atoms with Gasteiger partial charge in [-0.3, -0.25) is 4.79 Å². The lowest BCUT2D eigenvalue weighted by atomic mass is 10.0. The molecule has 1 aromatic carbocycles. The molecule has 1 aliphatic heterocycles. The number of carbonyl (C=O) groups excluding carboxylic acids is 2. The number of benzene rings is 1. The van der Waals surface area contributed by atoms with Crippen LogP contribution in [0.4, 0.5) is 14.9 Å². The average Bonchev–Trinajstić information content (AvgIpc) is 3.27. The Hall–Kier alpha value is -3.05. The summed E-state index contributed by atoms with van der Waals surface area (Å²) in [7, 11) is 1.65. The maximum Gasteiger partial charge on any atom is 0.321 e. The second kappa shape index (κ2) is 11.9. The van der Waals surface area contributed by atoms with Gasteiger partial charge in [-0.15, -0.1) is 5.10 Å². The molecule has 34 heavy (non-hydrogen) atoms. The van der Waals surface area contributed by atoms with Crippen molar-refractivity contribution in [1.82, 2.24) is 24.8 Å². The van der Waals surface area contributed by atoms with Crippen LogP contribution in [0.25, 0.3) is 0 Å². The average molecular weight is 477 g/mol. The summed E-state index contributed by atoms with van der Waals surface area (Å²) in [6, 6.07) is 4.84. The van der Waals surface area contributed by atoms with E-state index in [1.165, 1.54) is 29.2 Å². The molecule has 3 rings (SSSR count). The van der Waals surface area contributed by atoms with Gasteiger partial charge in [-0.25, -0.2) is 13.9 Å². The number of hydrogen-bond donors (Lipinski definition) is 2. The van der Waals surface area contributed by atoms with Crippen LogP contribution in [0.5, 0.6) is 0 Å². The monoisotopic (exact) mass is 476 g/mol. The Balaban J connectivity index is 1.76. The molecule has 11 heteroatoms. The van der Waals surface area contributed by atoms with Crippen molar-refractivity contribution in [1.29, 1.82) is 0 Å². The van der Waals surface area contributed by atoms with Crippen LogP contribution in [0.15, 0.2) is 30.5 Å². The van der Waals surface area contributed by atoms with Crippen molar-refractivity contribution in [3.63, 3.8) is 0 Å². The summed E-state index contributed by atoms with van der Waals surface area (Å²) < 4.78 is 21.1. The van der Waals surface area contributed by atoms with Gasteiger partial charge in [0.1, 0.15) is 5.82 Å². The van der Waals surface area contributed by atoms with E-state index in [0.717, 1.165) is 5.69 Å². The third kappa shape index (κ3) is 6.73. The van der Waals surface area contributed by atoms with Gasteiger partial charge < -0.3 is 25.0 Å². The summed E-state index contributed by atoms with van der Waals surface area (Å²) in [5.74, 6) is -0.564. The summed E-state index contributed by atoms with van der Waals surface area (Å²) in [5.41, 5.74) is 1.28. The predicted molar refractivity (Wildman–Crippen MR) is 123 cm³/mol. The number of nitrogens with one attached hydrogen (secondary N) is 1. The molecule has 0 unspecified atom stereocenters. The molecular formula is C23H33FN6O4. The molecule has 10 nitrogen and oxygen atoms in total. The fraction of sp³-hybridized carbons (Fsp3) is 0.565. The first kappa shape index (κ1) is 25.6. The van der Waals surface area contributed by atoms with Gasteiger partial charge in [-0.1, -0.05) is 12.1 Å². The van der Waals surface area contributed by atoms with Crippen LogP contribution in [-0.2, 0) is 22.7 Å². The number of amides is 3. The largest absolute Gasteiger partial charge is 0.394 e. The first-order valence-electron chi connectivity index (χ1n) is 11.5. The number of aliphatic hydroxyl groups is 1.